The highest BCUT2D eigenvalue weighted by molar-refractivity contribution is 5.95. The molecule has 146 valence electrons. The van der Waals surface area contributed by atoms with Crippen LogP contribution in [0.2, 0.25) is 0 Å². The van der Waals surface area contributed by atoms with Crippen LogP contribution in [0.25, 0.3) is 0 Å². The number of aromatic nitrogens is 3. The highest BCUT2D eigenvalue weighted by atomic mass is 16.5. The van der Waals surface area contributed by atoms with E-state index >= 15 is 0 Å². The van der Waals surface area contributed by atoms with E-state index in [0.29, 0.717) is 43.3 Å². The number of hydrogen-bond donors (Lipinski definition) is 3. The summed E-state index contributed by atoms with van der Waals surface area (Å²) in [6.07, 6.45) is 2.37. The molecule has 1 aliphatic rings. The average molecular weight is 374 g/mol. The molecule has 0 aliphatic carbocycles. The zero-order valence-electron chi connectivity index (χ0n) is 15.5. The highest BCUT2D eigenvalue weighted by Gasteiger charge is 2.27. The second-order valence-corrected chi connectivity index (χ2v) is 6.50. The molecular formula is C18H26N6O3. The van der Waals surface area contributed by atoms with Crippen LogP contribution in [-0.4, -0.2) is 59.3 Å². The number of ether oxygens (including phenoxy) is 2. The van der Waals surface area contributed by atoms with Gasteiger partial charge in [0, 0.05) is 24.6 Å². The molecule has 1 amide bonds. The van der Waals surface area contributed by atoms with Crippen molar-refractivity contribution in [2.45, 2.75) is 25.2 Å². The summed E-state index contributed by atoms with van der Waals surface area (Å²) >= 11 is 0. The lowest BCUT2D eigenvalue weighted by molar-refractivity contribution is 0.0710. The van der Waals surface area contributed by atoms with Crippen molar-refractivity contribution < 1.29 is 14.3 Å². The molecule has 1 aromatic carbocycles. The Balaban J connectivity index is 1.64. The Morgan fingerprint density at radius 1 is 1.33 bits per heavy atom. The molecule has 0 radical (unpaired) electrons. The van der Waals surface area contributed by atoms with Gasteiger partial charge >= 0.3 is 0 Å². The fourth-order valence-corrected chi connectivity index (χ4v) is 3.20. The topological polar surface area (TPSA) is 132 Å². The van der Waals surface area contributed by atoms with E-state index in [1.54, 1.807) is 25.3 Å². The number of piperidine rings is 1. The molecule has 1 aromatic heterocycles. The van der Waals surface area contributed by atoms with Crippen molar-refractivity contribution in [3.8, 4) is 11.5 Å². The summed E-state index contributed by atoms with van der Waals surface area (Å²) in [4.78, 5) is 18.9. The first-order chi connectivity index (χ1) is 13.1. The molecule has 2 aromatic rings. The fourth-order valence-electron chi connectivity index (χ4n) is 3.20. The minimum atomic E-state index is -0.0168. The van der Waals surface area contributed by atoms with Gasteiger partial charge in [0.1, 0.15) is 5.82 Å². The van der Waals surface area contributed by atoms with Crippen molar-refractivity contribution in [2.75, 3.05) is 39.1 Å². The van der Waals surface area contributed by atoms with Gasteiger partial charge in [-0.2, -0.15) is 4.98 Å². The maximum atomic E-state index is 12.9. The molecular weight excluding hydrogens is 348 g/mol. The van der Waals surface area contributed by atoms with E-state index in [-0.39, 0.29) is 17.8 Å². The van der Waals surface area contributed by atoms with Crippen molar-refractivity contribution in [1.82, 2.24) is 20.1 Å². The average Bonchev–Trinajstić information content (AvgIpc) is 3.14. The van der Waals surface area contributed by atoms with Crippen molar-refractivity contribution in [2.24, 2.45) is 5.73 Å². The lowest BCUT2D eigenvalue weighted by atomic mass is 9.95. The maximum Gasteiger partial charge on any atom is 0.253 e. The second-order valence-electron chi connectivity index (χ2n) is 6.50. The summed E-state index contributed by atoms with van der Waals surface area (Å²) in [6, 6.07) is 5.26. The Kier molecular flexibility index (Phi) is 6.12. The first kappa shape index (κ1) is 19.0. The van der Waals surface area contributed by atoms with Crippen LogP contribution in [0.1, 0.15) is 41.4 Å². The number of H-pyrrole nitrogens is 1. The number of likely N-dealkylation sites (tertiary alicyclic amines) is 1. The number of anilines is 1. The SMILES string of the molecule is COc1ccc(C(=O)N2CCC(c3nc(N)n[nH]3)CC2)cc1OCCCN. The second kappa shape index (κ2) is 8.72. The lowest BCUT2D eigenvalue weighted by Crippen LogP contribution is -2.38. The van der Waals surface area contributed by atoms with Crippen molar-refractivity contribution >= 4 is 11.9 Å². The van der Waals surface area contributed by atoms with E-state index < -0.39 is 0 Å². The normalized spacial score (nSPS) is 15.0. The zero-order chi connectivity index (χ0) is 19.2. The van der Waals surface area contributed by atoms with E-state index in [9.17, 15) is 4.79 Å². The highest BCUT2D eigenvalue weighted by Crippen LogP contribution is 2.30. The number of nitrogen functional groups attached to an aromatic ring is 1. The molecule has 5 N–H and O–H groups in total. The molecule has 9 heteroatoms. The largest absolute Gasteiger partial charge is 0.493 e. The number of carbonyl (C=O) groups excluding carboxylic acids is 1. The Labute approximate surface area is 158 Å². The number of hydrogen-bond acceptors (Lipinski definition) is 7. The molecule has 2 heterocycles. The van der Waals surface area contributed by atoms with Crippen LogP contribution in [0.15, 0.2) is 18.2 Å². The third-order valence-electron chi connectivity index (χ3n) is 4.71. The lowest BCUT2D eigenvalue weighted by Gasteiger charge is -2.31. The molecule has 0 unspecified atom stereocenters. The van der Waals surface area contributed by atoms with Gasteiger partial charge in [-0.15, -0.1) is 5.10 Å². The van der Waals surface area contributed by atoms with Crippen LogP contribution in [0.5, 0.6) is 11.5 Å². The molecule has 0 atom stereocenters. The Morgan fingerprint density at radius 2 is 2.11 bits per heavy atom. The summed E-state index contributed by atoms with van der Waals surface area (Å²) in [6.45, 7) is 2.34. The third-order valence-corrected chi connectivity index (χ3v) is 4.71. The molecule has 0 saturated carbocycles. The predicted molar refractivity (Wildman–Crippen MR) is 101 cm³/mol. The number of carbonyl (C=O) groups is 1. The molecule has 1 saturated heterocycles. The molecule has 3 rings (SSSR count). The third kappa shape index (κ3) is 4.48. The Hall–Kier alpha value is -2.81. The van der Waals surface area contributed by atoms with Gasteiger partial charge in [-0.1, -0.05) is 0 Å². The summed E-state index contributed by atoms with van der Waals surface area (Å²) in [5.41, 5.74) is 11.7. The van der Waals surface area contributed by atoms with E-state index in [4.69, 9.17) is 20.9 Å². The first-order valence-corrected chi connectivity index (χ1v) is 9.10. The van der Waals surface area contributed by atoms with E-state index in [2.05, 4.69) is 15.2 Å². The van der Waals surface area contributed by atoms with Gasteiger partial charge in [0.2, 0.25) is 5.95 Å². The van der Waals surface area contributed by atoms with E-state index in [1.807, 2.05) is 4.90 Å². The van der Waals surface area contributed by atoms with Crippen LogP contribution >= 0.6 is 0 Å². The fraction of sp³-hybridized carbons (Fsp3) is 0.500. The Bertz CT molecular complexity index is 770. The van der Waals surface area contributed by atoms with Gasteiger partial charge in [-0.25, -0.2) is 0 Å². The summed E-state index contributed by atoms with van der Waals surface area (Å²) in [5, 5.41) is 6.74. The Morgan fingerprint density at radius 3 is 2.74 bits per heavy atom. The summed E-state index contributed by atoms with van der Waals surface area (Å²) in [7, 11) is 1.58. The monoisotopic (exact) mass is 374 g/mol. The molecule has 1 fully saturated rings. The van der Waals surface area contributed by atoms with E-state index in [1.165, 1.54) is 0 Å². The van der Waals surface area contributed by atoms with Gasteiger partial charge < -0.3 is 25.8 Å². The number of benzene rings is 1. The number of nitrogens with zero attached hydrogens (tertiary/aromatic N) is 3. The molecule has 9 nitrogen and oxygen atoms in total. The van der Waals surface area contributed by atoms with E-state index in [0.717, 1.165) is 25.1 Å². The van der Waals surface area contributed by atoms with Crippen molar-refractivity contribution in [3.63, 3.8) is 0 Å². The molecule has 1 aliphatic heterocycles. The number of nitrogens with one attached hydrogen (secondary N) is 1. The molecule has 0 spiro atoms. The van der Waals surface area contributed by atoms with Crippen LogP contribution < -0.4 is 20.9 Å². The number of aromatic amines is 1. The maximum absolute atomic E-state index is 12.9. The van der Waals surface area contributed by atoms with Gasteiger partial charge in [0.05, 0.1) is 13.7 Å². The summed E-state index contributed by atoms with van der Waals surface area (Å²) in [5.74, 6) is 2.43. The van der Waals surface area contributed by atoms with Crippen molar-refractivity contribution in [3.05, 3.63) is 29.6 Å². The van der Waals surface area contributed by atoms with Crippen LogP contribution in [0.4, 0.5) is 5.95 Å². The molecule has 27 heavy (non-hydrogen) atoms. The number of amides is 1. The smallest absolute Gasteiger partial charge is 0.253 e. The number of methoxy groups -OCH3 is 1. The quantitative estimate of drug-likeness (QED) is 0.619. The van der Waals surface area contributed by atoms with Gasteiger partial charge in [-0.05, 0) is 44.0 Å². The minimum Gasteiger partial charge on any atom is -0.493 e. The summed E-state index contributed by atoms with van der Waals surface area (Å²) < 4.78 is 11.0. The van der Waals surface area contributed by atoms with Crippen LogP contribution in [0.3, 0.4) is 0 Å². The van der Waals surface area contributed by atoms with Gasteiger partial charge in [0.25, 0.3) is 5.91 Å². The minimum absolute atomic E-state index is 0.0168. The standard InChI is InChI=1S/C18H26N6O3/c1-26-14-4-3-13(11-15(14)27-10-2-7-19)17(25)24-8-5-12(6-9-24)16-21-18(20)23-22-16/h3-4,11-12H,2,5-10,19H2,1H3,(H3,20,21,22,23). The van der Waals surface area contributed by atoms with Crippen LogP contribution in [0, 0.1) is 0 Å². The van der Waals surface area contributed by atoms with Gasteiger partial charge in [-0.3, -0.25) is 9.89 Å². The predicted octanol–water partition coefficient (Wildman–Crippen LogP) is 1.14. The van der Waals surface area contributed by atoms with Crippen molar-refractivity contribution in [1.29, 1.82) is 0 Å². The molecule has 0 bridgehead atoms. The van der Waals surface area contributed by atoms with Gasteiger partial charge in [0.15, 0.2) is 11.5 Å². The first-order valence-electron chi connectivity index (χ1n) is 9.10. The zero-order valence-corrected chi connectivity index (χ0v) is 15.5. The van der Waals surface area contributed by atoms with Crippen LogP contribution in [-0.2, 0) is 0 Å². The number of rotatable bonds is 7. The number of nitrogens with two attached hydrogens (primary N) is 2.